The number of fused-ring (bicyclic) bond motifs is 2. The number of aromatic amines is 1. The van der Waals surface area contributed by atoms with Crippen molar-refractivity contribution in [2.45, 2.75) is 0 Å². The molecule has 0 aliphatic carbocycles. The summed E-state index contributed by atoms with van der Waals surface area (Å²) >= 11 is 5.97. The van der Waals surface area contributed by atoms with E-state index >= 15 is 0 Å². The number of nitriles is 1. The summed E-state index contributed by atoms with van der Waals surface area (Å²) in [6, 6.07) is 22.2. The first-order valence-electron chi connectivity index (χ1n) is 9.39. The van der Waals surface area contributed by atoms with Gasteiger partial charge in [0, 0.05) is 10.6 Å². The van der Waals surface area contributed by atoms with Crippen LogP contribution in [0.1, 0.15) is 11.4 Å². The molecule has 0 unspecified atom stereocenters. The van der Waals surface area contributed by atoms with Crippen LogP contribution in [0.4, 0.5) is 0 Å². The number of aromatic nitrogens is 3. The average molecular weight is 425 g/mol. The Labute approximate surface area is 181 Å². The van der Waals surface area contributed by atoms with Gasteiger partial charge in [-0.15, -0.1) is 0 Å². The highest BCUT2D eigenvalue weighted by Crippen LogP contribution is 2.30. The normalized spacial score (nSPS) is 11.7. The van der Waals surface area contributed by atoms with Gasteiger partial charge in [0.2, 0.25) is 0 Å². The zero-order valence-corrected chi connectivity index (χ0v) is 16.7. The third-order valence-corrected chi connectivity index (χ3v) is 5.13. The zero-order chi connectivity index (χ0) is 21.4. The van der Waals surface area contributed by atoms with Crippen molar-refractivity contribution in [1.29, 1.82) is 5.26 Å². The van der Waals surface area contributed by atoms with Gasteiger partial charge in [-0.25, -0.2) is 4.98 Å². The van der Waals surface area contributed by atoms with Gasteiger partial charge >= 0.3 is 0 Å². The Morgan fingerprint density at radius 3 is 2.65 bits per heavy atom. The van der Waals surface area contributed by atoms with Crippen LogP contribution in [0.2, 0.25) is 5.02 Å². The molecule has 0 saturated heterocycles. The van der Waals surface area contributed by atoms with Gasteiger partial charge in [-0.1, -0.05) is 53.2 Å². The van der Waals surface area contributed by atoms with E-state index in [-0.39, 0.29) is 17.0 Å². The van der Waals surface area contributed by atoms with Crippen molar-refractivity contribution < 1.29 is 4.52 Å². The molecule has 5 aromatic rings. The van der Waals surface area contributed by atoms with Crippen molar-refractivity contribution in [3.05, 3.63) is 93.5 Å². The first-order chi connectivity index (χ1) is 15.1. The van der Waals surface area contributed by atoms with E-state index in [0.29, 0.717) is 27.2 Å². The topological polar surface area (TPSA) is 95.6 Å². The van der Waals surface area contributed by atoms with Gasteiger partial charge < -0.3 is 9.51 Å². The Kier molecular flexibility index (Phi) is 4.58. The highest BCUT2D eigenvalue weighted by Gasteiger charge is 2.12. The molecule has 0 aliphatic heterocycles. The van der Waals surface area contributed by atoms with Crippen molar-refractivity contribution in [2.75, 3.05) is 0 Å². The maximum Gasteiger partial charge on any atom is 0.259 e. The molecule has 0 aliphatic rings. The number of H-pyrrole nitrogens is 1. The average Bonchev–Trinajstić information content (AvgIpc) is 3.21. The maximum atomic E-state index is 12.5. The molecule has 0 amide bonds. The van der Waals surface area contributed by atoms with E-state index in [0.717, 1.165) is 16.5 Å². The van der Waals surface area contributed by atoms with Gasteiger partial charge in [0.1, 0.15) is 11.6 Å². The summed E-state index contributed by atoms with van der Waals surface area (Å²) in [5.41, 5.74) is 2.71. The van der Waals surface area contributed by atoms with Crippen LogP contribution in [0.25, 0.3) is 44.8 Å². The third-order valence-electron chi connectivity index (χ3n) is 4.89. The lowest BCUT2D eigenvalue weighted by atomic mass is 10.0. The lowest BCUT2D eigenvalue weighted by Gasteiger charge is -2.03. The fourth-order valence-corrected chi connectivity index (χ4v) is 3.58. The Bertz CT molecular complexity index is 1580. The monoisotopic (exact) mass is 424 g/mol. The highest BCUT2D eigenvalue weighted by molar-refractivity contribution is 6.31. The Balaban J connectivity index is 1.62. The van der Waals surface area contributed by atoms with Crippen LogP contribution >= 0.6 is 11.6 Å². The molecule has 0 bridgehead atoms. The summed E-state index contributed by atoms with van der Waals surface area (Å²) in [7, 11) is 0. The molecule has 5 rings (SSSR count). The molecule has 0 atom stereocenters. The minimum Gasteiger partial charge on any atom is -0.355 e. The second kappa shape index (κ2) is 7.56. The van der Waals surface area contributed by atoms with Gasteiger partial charge in [0.15, 0.2) is 11.6 Å². The molecular weight excluding hydrogens is 412 g/mol. The Hall–Kier alpha value is -4.21. The smallest absolute Gasteiger partial charge is 0.259 e. The molecule has 2 aromatic heterocycles. The predicted molar refractivity (Wildman–Crippen MR) is 120 cm³/mol. The number of rotatable bonds is 3. The lowest BCUT2D eigenvalue weighted by Crippen LogP contribution is -2.11. The van der Waals surface area contributed by atoms with Gasteiger partial charge in [0.25, 0.3) is 5.56 Å². The molecule has 6 nitrogen and oxygen atoms in total. The van der Waals surface area contributed by atoms with Gasteiger partial charge in [-0.2, -0.15) is 5.26 Å². The Morgan fingerprint density at radius 1 is 1.03 bits per heavy atom. The van der Waals surface area contributed by atoms with Crippen molar-refractivity contribution in [3.63, 3.8) is 0 Å². The number of halogens is 1. The minimum atomic E-state index is -0.357. The summed E-state index contributed by atoms with van der Waals surface area (Å²) in [5, 5.41) is 15.5. The van der Waals surface area contributed by atoms with Crippen LogP contribution in [0.3, 0.4) is 0 Å². The van der Waals surface area contributed by atoms with E-state index in [9.17, 15) is 10.1 Å². The fraction of sp³-hybridized carbons (Fsp3) is 0. The molecule has 2 heterocycles. The number of nitrogens with one attached hydrogen (secondary N) is 1. The second-order valence-corrected chi connectivity index (χ2v) is 7.34. The molecule has 3 aromatic carbocycles. The van der Waals surface area contributed by atoms with Crippen molar-refractivity contribution >= 4 is 45.1 Å². The summed E-state index contributed by atoms with van der Waals surface area (Å²) in [4.78, 5) is 19.6. The number of hydrogen-bond acceptors (Lipinski definition) is 5. The minimum absolute atomic E-state index is 0.191. The zero-order valence-electron chi connectivity index (χ0n) is 16.0. The maximum absolute atomic E-state index is 12.5. The van der Waals surface area contributed by atoms with E-state index in [4.69, 9.17) is 16.1 Å². The van der Waals surface area contributed by atoms with Crippen LogP contribution in [0.15, 0.2) is 76.0 Å². The van der Waals surface area contributed by atoms with E-state index in [1.54, 1.807) is 24.3 Å². The quantitative estimate of drug-likeness (QED) is 0.388. The molecule has 0 saturated carbocycles. The van der Waals surface area contributed by atoms with Crippen LogP contribution in [0.5, 0.6) is 0 Å². The summed E-state index contributed by atoms with van der Waals surface area (Å²) < 4.78 is 5.54. The standard InChI is InChI=1S/C24H13ClN4O2/c25-17-7-9-20-19(12-17)24(30)28-23(27-20)16(13-26)10-14-6-8-21-18(11-14)22(31-29-21)15-4-2-1-3-5-15/h1-12H,(H,27,28,30). The first kappa shape index (κ1) is 18.8. The molecule has 0 spiro atoms. The number of benzene rings is 3. The molecule has 31 heavy (non-hydrogen) atoms. The first-order valence-corrected chi connectivity index (χ1v) is 9.77. The SMILES string of the molecule is N#CC(=Cc1ccc2noc(-c3ccccc3)c2c1)c1nc2ccc(Cl)cc2c(=O)[nH]1. The molecule has 148 valence electrons. The Morgan fingerprint density at radius 2 is 1.84 bits per heavy atom. The van der Waals surface area contributed by atoms with E-state index in [1.807, 2.05) is 48.5 Å². The highest BCUT2D eigenvalue weighted by atomic mass is 35.5. The predicted octanol–water partition coefficient (Wildman–Crippen LogP) is 5.45. The van der Waals surface area contributed by atoms with Gasteiger partial charge in [0.05, 0.1) is 21.9 Å². The van der Waals surface area contributed by atoms with Crippen LogP contribution in [-0.4, -0.2) is 15.1 Å². The number of allylic oxidation sites excluding steroid dienone is 1. The molecular formula is C24H13ClN4O2. The number of hydrogen-bond donors (Lipinski definition) is 1. The third kappa shape index (κ3) is 3.48. The van der Waals surface area contributed by atoms with Gasteiger partial charge in [-0.3, -0.25) is 4.79 Å². The van der Waals surface area contributed by atoms with Crippen LogP contribution < -0.4 is 5.56 Å². The second-order valence-electron chi connectivity index (χ2n) is 6.90. The summed E-state index contributed by atoms with van der Waals surface area (Å²) in [5.74, 6) is 0.842. The van der Waals surface area contributed by atoms with Crippen molar-refractivity contribution in [2.24, 2.45) is 0 Å². The fourth-order valence-electron chi connectivity index (χ4n) is 3.41. The molecule has 7 heteroatoms. The summed E-state index contributed by atoms with van der Waals surface area (Å²) in [6.07, 6.45) is 1.67. The molecule has 1 N–H and O–H groups in total. The van der Waals surface area contributed by atoms with Crippen LogP contribution in [-0.2, 0) is 0 Å². The van der Waals surface area contributed by atoms with E-state index in [1.165, 1.54) is 0 Å². The lowest BCUT2D eigenvalue weighted by molar-refractivity contribution is 0.441. The van der Waals surface area contributed by atoms with E-state index < -0.39 is 0 Å². The van der Waals surface area contributed by atoms with Crippen molar-refractivity contribution in [3.8, 4) is 17.4 Å². The van der Waals surface area contributed by atoms with Crippen molar-refractivity contribution in [1.82, 2.24) is 15.1 Å². The molecule has 0 fully saturated rings. The van der Waals surface area contributed by atoms with E-state index in [2.05, 4.69) is 21.2 Å². The summed E-state index contributed by atoms with van der Waals surface area (Å²) in [6.45, 7) is 0. The van der Waals surface area contributed by atoms with Gasteiger partial charge in [-0.05, 0) is 42.0 Å². The largest absolute Gasteiger partial charge is 0.355 e. The van der Waals surface area contributed by atoms with Crippen LogP contribution in [0, 0.1) is 11.3 Å². The number of nitrogens with zero attached hydrogens (tertiary/aromatic N) is 3. The molecule has 0 radical (unpaired) electrons.